The Kier molecular flexibility index (Phi) is 6.78. The third-order valence-electron chi connectivity index (χ3n) is 6.15. The van der Waals surface area contributed by atoms with Crippen molar-refractivity contribution < 1.29 is 18.7 Å². The number of amides is 1. The summed E-state index contributed by atoms with van der Waals surface area (Å²) >= 11 is 0. The third-order valence-corrected chi connectivity index (χ3v) is 6.15. The zero-order chi connectivity index (χ0) is 25.1. The van der Waals surface area contributed by atoms with Gasteiger partial charge in [0.1, 0.15) is 22.8 Å². The van der Waals surface area contributed by atoms with E-state index in [9.17, 15) is 9.18 Å². The first-order chi connectivity index (χ1) is 17.5. The summed E-state index contributed by atoms with van der Waals surface area (Å²) in [6.07, 6.45) is 1.56. The van der Waals surface area contributed by atoms with Gasteiger partial charge in [-0.1, -0.05) is 0 Å². The standard InChI is InChI=1S/C24H27FN8O3/c1-35-10-9-32-5-7-33(8-6-32)21-4-3-15(14-26-21)24(34)28-20-13-19(30-31-20)23-27-18-12-16(36-2)11-17(25)22(18)29-23/h3-4,11-14H,5-10H2,1-2H3,(H,27,29)(H2,28,30,31,34). The predicted octanol–water partition coefficient (Wildman–Crippen LogP) is 2.52. The van der Waals surface area contributed by atoms with E-state index >= 15 is 0 Å². The number of ether oxygens (including phenoxy) is 2. The average molecular weight is 495 g/mol. The van der Waals surface area contributed by atoms with E-state index in [2.05, 4.69) is 40.3 Å². The van der Waals surface area contributed by atoms with Crippen LogP contribution in [0.15, 0.2) is 36.5 Å². The molecule has 0 atom stereocenters. The minimum Gasteiger partial charge on any atom is -0.497 e. The Morgan fingerprint density at radius 3 is 2.72 bits per heavy atom. The van der Waals surface area contributed by atoms with Gasteiger partial charge in [-0.2, -0.15) is 5.10 Å². The summed E-state index contributed by atoms with van der Waals surface area (Å²) in [6.45, 7) is 5.29. The number of hydrogen-bond acceptors (Lipinski definition) is 8. The normalized spacial score (nSPS) is 14.4. The largest absolute Gasteiger partial charge is 0.497 e. The van der Waals surface area contributed by atoms with Crippen LogP contribution in [-0.2, 0) is 4.74 Å². The second kappa shape index (κ2) is 10.3. The van der Waals surface area contributed by atoms with Crippen LogP contribution in [0.4, 0.5) is 16.0 Å². The van der Waals surface area contributed by atoms with Crippen LogP contribution in [0.3, 0.4) is 0 Å². The molecule has 3 N–H and O–H groups in total. The van der Waals surface area contributed by atoms with Gasteiger partial charge >= 0.3 is 0 Å². The van der Waals surface area contributed by atoms with Crippen molar-refractivity contribution in [3.8, 4) is 17.3 Å². The number of aromatic nitrogens is 5. The second-order valence-electron chi connectivity index (χ2n) is 8.44. The molecule has 0 spiro atoms. The number of aromatic amines is 2. The molecule has 188 valence electrons. The molecule has 0 bridgehead atoms. The number of nitrogens with one attached hydrogen (secondary N) is 3. The second-order valence-corrected chi connectivity index (χ2v) is 8.44. The van der Waals surface area contributed by atoms with Gasteiger partial charge in [0.05, 0.1) is 24.8 Å². The maximum Gasteiger partial charge on any atom is 0.258 e. The minimum atomic E-state index is -0.472. The number of methoxy groups -OCH3 is 2. The fourth-order valence-electron chi connectivity index (χ4n) is 4.12. The number of nitrogens with zero attached hydrogens (tertiary/aromatic N) is 5. The van der Waals surface area contributed by atoms with Gasteiger partial charge < -0.3 is 24.7 Å². The van der Waals surface area contributed by atoms with Crippen molar-refractivity contribution in [2.24, 2.45) is 0 Å². The summed E-state index contributed by atoms with van der Waals surface area (Å²) in [7, 11) is 3.18. The van der Waals surface area contributed by atoms with E-state index < -0.39 is 5.82 Å². The fraction of sp³-hybridized carbons (Fsp3) is 0.333. The third kappa shape index (κ3) is 4.99. The lowest BCUT2D eigenvalue weighted by atomic mass is 10.2. The van der Waals surface area contributed by atoms with Crippen molar-refractivity contribution in [2.75, 3.05) is 63.8 Å². The van der Waals surface area contributed by atoms with E-state index in [1.165, 1.54) is 13.2 Å². The summed E-state index contributed by atoms with van der Waals surface area (Å²) in [5.41, 5.74) is 1.59. The number of hydrogen-bond donors (Lipinski definition) is 3. The number of carbonyl (C=O) groups is 1. The Morgan fingerprint density at radius 2 is 2.00 bits per heavy atom. The van der Waals surface area contributed by atoms with Crippen LogP contribution in [0, 0.1) is 5.82 Å². The van der Waals surface area contributed by atoms with Gasteiger partial charge in [0.2, 0.25) is 0 Å². The fourth-order valence-corrected chi connectivity index (χ4v) is 4.12. The van der Waals surface area contributed by atoms with Gasteiger partial charge in [0.15, 0.2) is 17.5 Å². The first kappa shape index (κ1) is 23.7. The quantitative estimate of drug-likeness (QED) is 0.341. The topological polar surface area (TPSA) is 124 Å². The number of rotatable bonds is 8. The lowest BCUT2D eigenvalue weighted by Crippen LogP contribution is -2.47. The summed E-state index contributed by atoms with van der Waals surface area (Å²) in [6, 6.07) is 8.14. The van der Waals surface area contributed by atoms with Gasteiger partial charge in [-0.05, 0) is 12.1 Å². The highest BCUT2D eigenvalue weighted by Crippen LogP contribution is 2.26. The zero-order valence-electron chi connectivity index (χ0n) is 20.0. The molecule has 12 heteroatoms. The number of imidazole rings is 1. The summed E-state index contributed by atoms with van der Waals surface area (Å²) in [5.74, 6) is 1.11. The molecular formula is C24H27FN8O3. The molecule has 0 aliphatic carbocycles. The van der Waals surface area contributed by atoms with Crippen LogP contribution in [0.2, 0.25) is 0 Å². The zero-order valence-corrected chi connectivity index (χ0v) is 20.0. The van der Waals surface area contributed by atoms with E-state index in [4.69, 9.17) is 9.47 Å². The molecule has 1 aliphatic rings. The molecule has 1 aliphatic heterocycles. The SMILES string of the molecule is COCCN1CCN(c2ccc(C(=O)Nc3cc(-c4nc5cc(OC)cc(F)c5[nH]4)[nH]n3)cn2)CC1. The minimum absolute atomic E-state index is 0.258. The maximum atomic E-state index is 14.3. The molecule has 0 saturated carbocycles. The van der Waals surface area contributed by atoms with E-state index in [1.807, 2.05) is 6.07 Å². The van der Waals surface area contributed by atoms with Crippen LogP contribution in [0.25, 0.3) is 22.6 Å². The molecule has 4 heterocycles. The van der Waals surface area contributed by atoms with Crippen molar-refractivity contribution in [3.05, 3.63) is 47.9 Å². The van der Waals surface area contributed by atoms with Crippen molar-refractivity contribution in [3.63, 3.8) is 0 Å². The smallest absolute Gasteiger partial charge is 0.258 e. The Labute approximate surface area is 206 Å². The van der Waals surface area contributed by atoms with Crippen LogP contribution in [0.5, 0.6) is 5.75 Å². The number of benzene rings is 1. The molecule has 4 aromatic rings. The first-order valence-electron chi connectivity index (χ1n) is 11.6. The highest BCUT2D eigenvalue weighted by Gasteiger charge is 2.19. The van der Waals surface area contributed by atoms with Crippen molar-refractivity contribution in [2.45, 2.75) is 0 Å². The summed E-state index contributed by atoms with van der Waals surface area (Å²) in [5, 5.41) is 9.68. The first-order valence-corrected chi connectivity index (χ1v) is 11.6. The van der Waals surface area contributed by atoms with Crippen molar-refractivity contribution in [1.82, 2.24) is 30.0 Å². The number of anilines is 2. The van der Waals surface area contributed by atoms with E-state index in [-0.39, 0.29) is 11.4 Å². The Hall–Kier alpha value is -4.03. The molecule has 0 unspecified atom stereocenters. The summed E-state index contributed by atoms with van der Waals surface area (Å²) < 4.78 is 24.5. The predicted molar refractivity (Wildman–Crippen MR) is 133 cm³/mol. The lowest BCUT2D eigenvalue weighted by Gasteiger charge is -2.35. The van der Waals surface area contributed by atoms with Crippen molar-refractivity contribution in [1.29, 1.82) is 0 Å². The maximum absolute atomic E-state index is 14.3. The number of piperazine rings is 1. The van der Waals surface area contributed by atoms with Crippen LogP contribution in [0.1, 0.15) is 10.4 Å². The Bertz CT molecular complexity index is 1350. The molecule has 11 nitrogen and oxygen atoms in total. The lowest BCUT2D eigenvalue weighted by molar-refractivity contribution is 0.102. The molecular weight excluding hydrogens is 467 g/mol. The molecule has 1 saturated heterocycles. The van der Waals surface area contributed by atoms with Crippen LogP contribution >= 0.6 is 0 Å². The number of fused-ring (bicyclic) bond motifs is 1. The number of pyridine rings is 1. The average Bonchev–Trinajstić information content (AvgIpc) is 3.55. The van der Waals surface area contributed by atoms with Gasteiger partial charge in [-0.25, -0.2) is 14.4 Å². The monoisotopic (exact) mass is 494 g/mol. The van der Waals surface area contributed by atoms with E-state index in [0.29, 0.717) is 34.2 Å². The molecule has 0 radical (unpaired) electrons. The van der Waals surface area contributed by atoms with E-state index in [1.54, 1.807) is 31.5 Å². The van der Waals surface area contributed by atoms with Gasteiger partial charge in [0.25, 0.3) is 5.91 Å². The molecule has 1 aromatic carbocycles. The molecule has 3 aromatic heterocycles. The molecule has 5 rings (SSSR count). The number of halogens is 1. The van der Waals surface area contributed by atoms with Gasteiger partial charge in [-0.15, -0.1) is 0 Å². The summed E-state index contributed by atoms with van der Waals surface area (Å²) in [4.78, 5) is 29.1. The van der Waals surface area contributed by atoms with Gasteiger partial charge in [-0.3, -0.25) is 14.8 Å². The van der Waals surface area contributed by atoms with E-state index in [0.717, 1.165) is 45.1 Å². The van der Waals surface area contributed by atoms with Crippen LogP contribution in [-0.4, -0.2) is 89.5 Å². The molecule has 36 heavy (non-hydrogen) atoms. The Morgan fingerprint density at radius 1 is 1.17 bits per heavy atom. The number of carbonyl (C=O) groups excluding carboxylic acids is 1. The Balaban J connectivity index is 1.21. The van der Waals surface area contributed by atoms with Crippen molar-refractivity contribution >= 4 is 28.6 Å². The highest BCUT2D eigenvalue weighted by atomic mass is 19.1. The van der Waals surface area contributed by atoms with Gasteiger partial charge in [0, 0.05) is 64.2 Å². The molecule has 1 fully saturated rings. The highest BCUT2D eigenvalue weighted by molar-refractivity contribution is 6.03. The number of H-pyrrole nitrogens is 2. The molecule has 1 amide bonds. The van der Waals surface area contributed by atoms with Crippen LogP contribution < -0.4 is 15.0 Å².